The van der Waals surface area contributed by atoms with Crippen LogP contribution in [0.5, 0.6) is 5.75 Å². The SMILES string of the molecule is Cc1cc(OCc2ccc(B(O)O)cc2)cc(C)c1Cl. The summed E-state index contributed by atoms with van der Waals surface area (Å²) in [6.07, 6.45) is 0. The van der Waals surface area contributed by atoms with Gasteiger partial charge in [0.15, 0.2) is 0 Å². The van der Waals surface area contributed by atoms with Crippen LogP contribution in [0, 0.1) is 13.8 Å². The maximum Gasteiger partial charge on any atom is 0.488 e. The van der Waals surface area contributed by atoms with Crippen molar-refractivity contribution < 1.29 is 14.8 Å². The second kappa shape index (κ2) is 6.31. The molecule has 0 fully saturated rings. The number of aryl methyl sites for hydroxylation is 2. The molecule has 2 aromatic rings. The van der Waals surface area contributed by atoms with E-state index in [0.29, 0.717) is 12.1 Å². The zero-order valence-corrected chi connectivity index (χ0v) is 12.2. The van der Waals surface area contributed by atoms with E-state index in [0.717, 1.165) is 27.5 Å². The molecule has 0 saturated carbocycles. The van der Waals surface area contributed by atoms with Crippen molar-refractivity contribution in [2.24, 2.45) is 0 Å². The third-order valence-electron chi connectivity index (χ3n) is 3.09. The maximum atomic E-state index is 9.02. The highest BCUT2D eigenvalue weighted by molar-refractivity contribution is 6.58. The molecule has 0 radical (unpaired) electrons. The Bertz CT molecular complexity index is 574. The Balaban J connectivity index is 2.05. The van der Waals surface area contributed by atoms with Crippen molar-refractivity contribution in [3.05, 3.63) is 58.1 Å². The van der Waals surface area contributed by atoms with Gasteiger partial charge >= 0.3 is 7.12 Å². The summed E-state index contributed by atoms with van der Waals surface area (Å²) in [5, 5.41) is 18.8. The molecule has 0 heterocycles. The summed E-state index contributed by atoms with van der Waals surface area (Å²) in [6.45, 7) is 4.31. The lowest BCUT2D eigenvalue weighted by atomic mass is 9.80. The van der Waals surface area contributed by atoms with Gasteiger partial charge in [0.05, 0.1) is 0 Å². The van der Waals surface area contributed by atoms with E-state index in [1.807, 2.05) is 38.1 Å². The molecule has 5 heteroatoms. The van der Waals surface area contributed by atoms with Crippen LogP contribution in [0.25, 0.3) is 0 Å². The lowest BCUT2D eigenvalue weighted by Crippen LogP contribution is -2.29. The highest BCUT2D eigenvalue weighted by atomic mass is 35.5. The largest absolute Gasteiger partial charge is 0.489 e. The zero-order chi connectivity index (χ0) is 14.7. The van der Waals surface area contributed by atoms with Crippen molar-refractivity contribution in [1.82, 2.24) is 0 Å². The van der Waals surface area contributed by atoms with Gasteiger partial charge in [0.25, 0.3) is 0 Å². The Labute approximate surface area is 123 Å². The third kappa shape index (κ3) is 3.54. The fourth-order valence-corrected chi connectivity index (χ4v) is 2.05. The fourth-order valence-electron chi connectivity index (χ4n) is 1.94. The first-order chi connectivity index (χ1) is 9.47. The lowest BCUT2D eigenvalue weighted by Gasteiger charge is -2.10. The van der Waals surface area contributed by atoms with Crippen LogP contribution >= 0.6 is 11.6 Å². The molecular weight excluding hydrogens is 274 g/mol. The van der Waals surface area contributed by atoms with Gasteiger partial charge in [0.2, 0.25) is 0 Å². The molecule has 0 aromatic heterocycles. The van der Waals surface area contributed by atoms with E-state index in [4.69, 9.17) is 26.4 Å². The summed E-state index contributed by atoms with van der Waals surface area (Å²) < 4.78 is 5.73. The van der Waals surface area contributed by atoms with Crippen molar-refractivity contribution in [2.45, 2.75) is 20.5 Å². The summed E-state index contributed by atoms with van der Waals surface area (Å²) in [7, 11) is -1.44. The van der Waals surface area contributed by atoms with Crippen molar-refractivity contribution in [1.29, 1.82) is 0 Å². The number of rotatable bonds is 4. The molecular formula is C15H16BClO3. The average Bonchev–Trinajstić information content (AvgIpc) is 2.42. The topological polar surface area (TPSA) is 49.7 Å². The quantitative estimate of drug-likeness (QED) is 0.849. The molecule has 0 aliphatic heterocycles. The van der Waals surface area contributed by atoms with Gasteiger partial charge in [0.1, 0.15) is 12.4 Å². The molecule has 0 aliphatic rings. The van der Waals surface area contributed by atoms with Crippen molar-refractivity contribution in [3.63, 3.8) is 0 Å². The Kier molecular flexibility index (Phi) is 4.71. The minimum Gasteiger partial charge on any atom is -0.489 e. The van der Waals surface area contributed by atoms with E-state index in [-0.39, 0.29) is 0 Å². The second-order valence-electron chi connectivity index (χ2n) is 4.77. The predicted octanol–water partition coefficient (Wildman–Crippen LogP) is 2.22. The van der Waals surface area contributed by atoms with E-state index in [2.05, 4.69) is 0 Å². The second-order valence-corrected chi connectivity index (χ2v) is 5.15. The molecule has 0 spiro atoms. The van der Waals surface area contributed by atoms with Gasteiger partial charge in [-0.2, -0.15) is 0 Å². The van der Waals surface area contributed by atoms with Crippen LogP contribution < -0.4 is 10.2 Å². The Hall–Kier alpha value is -1.49. The molecule has 3 nitrogen and oxygen atoms in total. The van der Waals surface area contributed by atoms with Crippen LogP contribution in [-0.4, -0.2) is 17.2 Å². The molecule has 0 atom stereocenters. The van der Waals surface area contributed by atoms with Gasteiger partial charge in [-0.3, -0.25) is 0 Å². The highest BCUT2D eigenvalue weighted by Gasteiger charge is 2.10. The smallest absolute Gasteiger partial charge is 0.488 e. The van der Waals surface area contributed by atoms with Gasteiger partial charge in [-0.1, -0.05) is 35.9 Å². The summed E-state index contributed by atoms with van der Waals surface area (Å²) in [4.78, 5) is 0. The molecule has 2 rings (SSSR count). The molecule has 0 aliphatic carbocycles. The molecule has 104 valence electrons. The maximum absolute atomic E-state index is 9.02. The number of hydrogen-bond acceptors (Lipinski definition) is 3. The zero-order valence-electron chi connectivity index (χ0n) is 11.4. The molecule has 0 bridgehead atoms. The van der Waals surface area contributed by atoms with E-state index >= 15 is 0 Å². The monoisotopic (exact) mass is 290 g/mol. The Morgan fingerprint density at radius 2 is 1.60 bits per heavy atom. The van der Waals surface area contributed by atoms with Gasteiger partial charge in [-0.15, -0.1) is 0 Å². The first kappa shape index (κ1) is 14.9. The average molecular weight is 291 g/mol. The number of ether oxygens (including phenoxy) is 1. The molecule has 0 saturated heterocycles. The van der Waals surface area contributed by atoms with Crippen molar-refractivity contribution >= 4 is 24.2 Å². The molecule has 20 heavy (non-hydrogen) atoms. The number of benzene rings is 2. The Morgan fingerprint density at radius 3 is 2.10 bits per heavy atom. The summed E-state index contributed by atoms with van der Waals surface area (Å²) in [5.74, 6) is 0.774. The summed E-state index contributed by atoms with van der Waals surface area (Å²) in [6, 6.07) is 10.8. The first-order valence-electron chi connectivity index (χ1n) is 6.32. The normalized spacial score (nSPS) is 10.4. The number of hydrogen-bond donors (Lipinski definition) is 2. The van der Waals surface area contributed by atoms with Gasteiger partial charge in [-0.05, 0) is 48.1 Å². The third-order valence-corrected chi connectivity index (χ3v) is 3.69. The van der Waals surface area contributed by atoms with E-state index in [9.17, 15) is 0 Å². The standard InChI is InChI=1S/C15H16BClO3/c1-10-7-14(8-11(2)15(10)17)20-9-12-3-5-13(6-4-12)16(18)19/h3-8,18-19H,9H2,1-2H3. The molecule has 0 unspecified atom stereocenters. The fraction of sp³-hybridized carbons (Fsp3) is 0.200. The number of halogens is 1. The van der Waals surface area contributed by atoms with Crippen molar-refractivity contribution in [3.8, 4) is 5.75 Å². The molecule has 2 N–H and O–H groups in total. The van der Waals surface area contributed by atoms with E-state index in [1.165, 1.54) is 0 Å². The van der Waals surface area contributed by atoms with Crippen LogP contribution in [0.15, 0.2) is 36.4 Å². The summed E-state index contributed by atoms with van der Waals surface area (Å²) >= 11 is 6.11. The van der Waals surface area contributed by atoms with Gasteiger partial charge < -0.3 is 14.8 Å². The van der Waals surface area contributed by atoms with Crippen LogP contribution in [-0.2, 0) is 6.61 Å². The summed E-state index contributed by atoms with van der Waals surface area (Å²) in [5.41, 5.74) is 3.40. The van der Waals surface area contributed by atoms with Crippen LogP contribution in [0.2, 0.25) is 5.02 Å². The van der Waals surface area contributed by atoms with E-state index < -0.39 is 7.12 Å². The lowest BCUT2D eigenvalue weighted by molar-refractivity contribution is 0.306. The first-order valence-corrected chi connectivity index (χ1v) is 6.69. The van der Waals surface area contributed by atoms with Gasteiger partial charge in [-0.25, -0.2) is 0 Å². The van der Waals surface area contributed by atoms with Crippen molar-refractivity contribution in [2.75, 3.05) is 0 Å². The Morgan fingerprint density at radius 1 is 1.05 bits per heavy atom. The van der Waals surface area contributed by atoms with Crippen LogP contribution in [0.1, 0.15) is 16.7 Å². The minimum absolute atomic E-state index is 0.419. The van der Waals surface area contributed by atoms with Crippen LogP contribution in [0.3, 0.4) is 0 Å². The van der Waals surface area contributed by atoms with Crippen LogP contribution in [0.4, 0.5) is 0 Å². The molecule has 0 amide bonds. The predicted molar refractivity (Wildman–Crippen MR) is 81.5 cm³/mol. The van der Waals surface area contributed by atoms with Gasteiger partial charge in [0, 0.05) is 5.02 Å². The van der Waals surface area contributed by atoms with E-state index in [1.54, 1.807) is 12.1 Å². The minimum atomic E-state index is -1.44. The highest BCUT2D eigenvalue weighted by Crippen LogP contribution is 2.26. The molecule has 2 aromatic carbocycles.